The van der Waals surface area contributed by atoms with Crippen LogP contribution in [0.2, 0.25) is 5.02 Å². The number of hydrogen-bond donors (Lipinski definition) is 2. The highest BCUT2D eigenvalue weighted by atomic mass is 35.5. The summed E-state index contributed by atoms with van der Waals surface area (Å²) in [7, 11) is -2.38. The number of nitrogens with one attached hydrogen (secondary N) is 2. The Morgan fingerprint density at radius 1 is 0.978 bits per heavy atom. The van der Waals surface area contributed by atoms with Gasteiger partial charge < -0.3 is 15.4 Å². The molecule has 14 heteroatoms. The number of halogens is 2. The topological polar surface area (TPSA) is 132 Å². The van der Waals surface area contributed by atoms with Crippen molar-refractivity contribution in [3.63, 3.8) is 0 Å². The van der Waals surface area contributed by atoms with E-state index in [1.54, 1.807) is 54.9 Å². The molecule has 232 valence electrons. The third-order valence-electron chi connectivity index (χ3n) is 6.77. The minimum atomic E-state index is -2.38. The van der Waals surface area contributed by atoms with E-state index in [1.165, 1.54) is 29.8 Å². The molecular weight excluding hydrogens is 649 g/mol. The van der Waals surface area contributed by atoms with Crippen LogP contribution in [0.5, 0.6) is 5.75 Å². The number of nitrogens with zero attached hydrogens (tertiary/aromatic N) is 5. The fourth-order valence-corrected chi connectivity index (χ4v) is 6.06. The van der Waals surface area contributed by atoms with Crippen molar-refractivity contribution in [2.24, 2.45) is 0 Å². The molecule has 0 spiro atoms. The minimum absolute atomic E-state index is 0.170. The third-order valence-corrected chi connectivity index (χ3v) is 8.73. The Morgan fingerprint density at radius 3 is 2.70 bits per heavy atom. The summed E-state index contributed by atoms with van der Waals surface area (Å²) < 4.78 is 42.6. The summed E-state index contributed by atoms with van der Waals surface area (Å²) in [4.78, 5) is 22.4. The fraction of sp³-hybridized carbons (Fsp3) is 0.125. The van der Waals surface area contributed by atoms with Gasteiger partial charge in [-0.2, -0.15) is 8.42 Å². The molecule has 0 aliphatic heterocycles. The van der Waals surface area contributed by atoms with Gasteiger partial charge in [0.25, 0.3) is 0 Å². The van der Waals surface area contributed by atoms with Gasteiger partial charge in [-0.05, 0) is 54.1 Å². The Balaban J connectivity index is 1.11. The fourth-order valence-electron chi connectivity index (χ4n) is 4.52. The highest BCUT2D eigenvalue weighted by molar-refractivity contribution is 7.73. The summed E-state index contributed by atoms with van der Waals surface area (Å²) in [5.41, 5.74) is 3.83. The van der Waals surface area contributed by atoms with Gasteiger partial charge in [-0.15, -0.1) is 11.3 Å². The Hall–Kier alpha value is -4.82. The van der Waals surface area contributed by atoms with E-state index in [0.29, 0.717) is 63.4 Å². The lowest BCUT2D eigenvalue weighted by Crippen LogP contribution is -2.26. The van der Waals surface area contributed by atoms with Gasteiger partial charge in [0.15, 0.2) is 0 Å². The number of anilines is 2. The molecule has 10 nitrogen and oxygen atoms in total. The molecule has 0 aliphatic rings. The van der Waals surface area contributed by atoms with Gasteiger partial charge in [0, 0.05) is 42.2 Å². The van der Waals surface area contributed by atoms with Crippen molar-refractivity contribution in [3.05, 3.63) is 118 Å². The van der Waals surface area contributed by atoms with Crippen LogP contribution in [0.1, 0.15) is 16.3 Å². The van der Waals surface area contributed by atoms with Crippen LogP contribution in [0.25, 0.3) is 22.3 Å². The molecule has 0 radical (unpaired) electrons. The maximum absolute atomic E-state index is 13.5. The molecule has 2 N–H and O–H groups in total. The summed E-state index contributed by atoms with van der Waals surface area (Å²) in [6.07, 6.45) is 5.30. The van der Waals surface area contributed by atoms with E-state index < -0.39 is 10.3 Å². The summed E-state index contributed by atoms with van der Waals surface area (Å²) in [6.45, 7) is 0.883. The second-order valence-corrected chi connectivity index (χ2v) is 12.2. The number of thiazole rings is 1. The van der Waals surface area contributed by atoms with Crippen LogP contribution in [-0.2, 0) is 23.3 Å². The minimum Gasteiger partial charge on any atom is -0.487 e. The van der Waals surface area contributed by atoms with Crippen LogP contribution in [0, 0.1) is 5.82 Å². The smallest absolute Gasteiger partial charge is 0.220 e. The van der Waals surface area contributed by atoms with E-state index >= 15 is 0 Å². The summed E-state index contributed by atoms with van der Waals surface area (Å²) >= 11 is 8.00. The molecule has 0 atom stereocenters. The molecule has 0 saturated heterocycles. The largest absolute Gasteiger partial charge is 0.487 e. The second-order valence-electron chi connectivity index (χ2n) is 9.92. The Labute approximate surface area is 273 Å². The van der Waals surface area contributed by atoms with Crippen molar-refractivity contribution < 1.29 is 17.5 Å². The molecule has 2 aromatic carbocycles. The SMILES string of the molecule is O=S(=O)=C(CNCCc1nc(-c2cc3c(Nc4ccc(OCc5cccc(F)c5)c(Cl)c4)ncnc3cn2)cs1)c1ccccn1. The number of fused-ring (bicyclic) bond motifs is 1. The van der Waals surface area contributed by atoms with Crippen molar-refractivity contribution in [2.45, 2.75) is 13.0 Å². The average molecular weight is 674 g/mol. The molecule has 4 heterocycles. The van der Waals surface area contributed by atoms with Gasteiger partial charge in [-0.1, -0.05) is 29.8 Å². The molecule has 0 bridgehead atoms. The van der Waals surface area contributed by atoms with Crippen LogP contribution < -0.4 is 15.4 Å². The molecule has 4 aromatic heterocycles. The van der Waals surface area contributed by atoms with E-state index in [1.807, 2.05) is 17.5 Å². The first-order valence-corrected chi connectivity index (χ1v) is 16.3. The van der Waals surface area contributed by atoms with Crippen molar-refractivity contribution >= 4 is 60.5 Å². The number of pyridine rings is 2. The zero-order chi connectivity index (χ0) is 31.9. The van der Waals surface area contributed by atoms with E-state index in [2.05, 4.69) is 30.6 Å². The predicted octanol–water partition coefficient (Wildman–Crippen LogP) is 5.89. The van der Waals surface area contributed by atoms with E-state index in [-0.39, 0.29) is 23.8 Å². The van der Waals surface area contributed by atoms with Crippen molar-refractivity contribution in [1.29, 1.82) is 0 Å². The zero-order valence-electron chi connectivity index (χ0n) is 24.0. The molecular formula is C32H25ClFN7O3S2. The highest BCUT2D eigenvalue weighted by Crippen LogP contribution is 2.32. The highest BCUT2D eigenvalue weighted by Gasteiger charge is 2.13. The maximum Gasteiger partial charge on any atom is 0.220 e. The van der Waals surface area contributed by atoms with Crippen LogP contribution in [-0.4, -0.2) is 51.3 Å². The standard InChI is InChI=1S/C32H25ClFN7O3S2/c33-24-13-22(7-8-29(24)44-17-20-4-3-5-21(34)12-20)40-32-23-14-26(37-15-27(23)38-19-39-32)28-18-45-31(41-28)9-11-35-16-30(46(42)43)25-6-1-2-10-36-25/h1-8,10,12-15,18-19,35H,9,11,16-17H2,(H,38,39,40). The molecule has 0 fully saturated rings. The summed E-state index contributed by atoms with van der Waals surface area (Å²) in [5, 5.41) is 10.4. The Bertz CT molecular complexity index is 2140. The number of benzene rings is 2. The predicted molar refractivity (Wildman–Crippen MR) is 178 cm³/mol. The molecule has 0 unspecified atom stereocenters. The first-order chi connectivity index (χ1) is 22.4. The lowest BCUT2D eigenvalue weighted by atomic mass is 10.2. The van der Waals surface area contributed by atoms with E-state index in [9.17, 15) is 12.8 Å². The van der Waals surface area contributed by atoms with Crippen LogP contribution >= 0.6 is 22.9 Å². The normalized spacial score (nSPS) is 11.0. The van der Waals surface area contributed by atoms with Gasteiger partial charge in [0.05, 0.1) is 38.8 Å². The van der Waals surface area contributed by atoms with Crippen LogP contribution in [0.4, 0.5) is 15.9 Å². The lowest BCUT2D eigenvalue weighted by Gasteiger charge is -2.12. The second kappa shape index (κ2) is 14.5. The van der Waals surface area contributed by atoms with Gasteiger partial charge in [-0.25, -0.2) is 19.3 Å². The first-order valence-electron chi connectivity index (χ1n) is 14.0. The molecule has 46 heavy (non-hydrogen) atoms. The number of rotatable bonds is 12. The van der Waals surface area contributed by atoms with Gasteiger partial charge in [0.1, 0.15) is 35.2 Å². The molecule has 0 aliphatic carbocycles. The van der Waals surface area contributed by atoms with Crippen LogP contribution in [0.3, 0.4) is 0 Å². The lowest BCUT2D eigenvalue weighted by molar-refractivity contribution is 0.306. The molecule has 0 saturated carbocycles. The van der Waals surface area contributed by atoms with E-state index in [4.69, 9.17) is 21.3 Å². The number of ether oxygens (including phenoxy) is 1. The Kier molecular flexibility index (Phi) is 9.84. The van der Waals surface area contributed by atoms with Crippen molar-refractivity contribution in [1.82, 2.24) is 30.2 Å². The molecule has 0 amide bonds. The van der Waals surface area contributed by atoms with Gasteiger partial charge in [0.2, 0.25) is 10.3 Å². The van der Waals surface area contributed by atoms with Crippen molar-refractivity contribution in [3.8, 4) is 17.1 Å². The zero-order valence-corrected chi connectivity index (χ0v) is 26.4. The van der Waals surface area contributed by atoms with Crippen LogP contribution in [0.15, 0.2) is 90.8 Å². The molecule has 6 aromatic rings. The van der Waals surface area contributed by atoms with Crippen molar-refractivity contribution in [2.75, 3.05) is 18.4 Å². The monoisotopic (exact) mass is 673 g/mol. The molecule has 6 rings (SSSR count). The Morgan fingerprint density at radius 2 is 1.89 bits per heavy atom. The third kappa shape index (κ3) is 7.69. The average Bonchev–Trinajstić information content (AvgIpc) is 3.54. The number of hydrogen-bond acceptors (Lipinski definition) is 11. The maximum atomic E-state index is 13.5. The van der Waals surface area contributed by atoms with Gasteiger partial charge in [-0.3, -0.25) is 9.97 Å². The quantitative estimate of drug-likeness (QED) is 0.0921. The summed E-state index contributed by atoms with van der Waals surface area (Å²) in [6, 6.07) is 18.5. The summed E-state index contributed by atoms with van der Waals surface area (Å²) in [5.74, 6) is 0.708. The van der Waals surface area contributed by atoms with E-state index in [0.717, 1.165) is 10.4 Å². The first kappa shape index (κ1) is 31.2. The van der Waals surface area contributed by atoms with Gasteiger partial charge >= 0.3 is 0 Å². The number of aromatic nitrogens is 5.